The topological polar surface area (TPSA) is 29.1 Å². The van der Waals surface area contributed by atoms with Gasteiger partial charge in [-0.1, -0.05) is 50.6 Å². The predicted octanol–water partition coefficient (Wildman–Crippen LogP) is 3.49. The van der Waals surface area contributed by atoms with Gasteiger partial charge in [0.05, 0.1) is 5.92 Å². The lowest BCUT2D eigenvalue weighted by Crippen LogP contribution is -2.36. The van der Waals surface area contributed by atoms with Gasteiger partial charge in [0.1, 0.15) is 0 Å². The fourth-order valence-electron chi connectivity index (χ4n) is 2.11. The molecule has 0 saturated heterocycles. The number of benzene rings is 1. The molecule has 17 heavy (non-hydrogen) atoms. The number of amides is 1. The molecule has 0 aliphatic carbocycles. The summed E-state index contributed by atoms with van der Waals surface area (Å²) in [6, 6.07) is 10.3. The highest BCUT2D eigenvalue weighted by atomic mass is 16.1. The Hall–Kier alpha value is -1.31. The minimum atomic E-state index is -0.0180. The zero-order valence-electron chi connectivity index (χ0n) is 11.1. The van der Waals surface area contributed by atoms with E-state index in [0.29, 0.717) is 0 Å². The van der Waals surface area contributed by atoms with Crippen LogP contribution in [0.25, 0.3) is 0 Å². The van der Waals surface area contributed by atoms with E-state index < -0.39 is 0 Å². The molecule has 0 aromatic heterocycles. The lowest BCUT2D eigenvalue weighted by atomic mass is 9.95. The summed E-state index contributed by atoms with van der Waals surface area (Å²) in [6.45, 7) is 6.26. The smallest absolute Gasteiger partial charge is 0.227 e. The molecule has 0 heterocycles. The van der Waals surface area contributed by atoms with Gasteiger partial charge in [-0.2, -0.15) is 0 Å². The van der Waals surface area contributed by atoms with Crippen LogP contribution < -0.4 is 5.32 Å². The van der Waals surface area contributed by atoms with Crippen molar-refractivity contribution in [3.8, 4) is 0 Å². The molecule has 0 aliphatic heterocycles. The molecule has 1 rings (SSSR count). The van der Waals surface area contributed by atoms with Crippen molar-refractivity contribution in [3.63, 3.8) is 0 Å². The van der Waals surface area contributed by atoms with Crippen LogP contribution in [0.4, 0.5) is 0 Å². The Labute approximate surface area is 104 Å². The van der Waals surface area contributed by atoms with Crippen LogP contribution in [0.2, 0.25) is 0 Å². The summed E-state index contributed by atoms with van der Waals surface area (Å²) in [5, 5.41) is 3.09. The first-order chi connectivity index (χ1) is 8.19. The quantitative estimate of drug-likeness (QED) is 0.800. The van der Waals surface area contributed by atoms with Gasteiger partial charge in [-0.3, -0.25) is 4.79 Å². The van der Waals surface area contributed by atoms with Crippen molar-refractivity contribution in [1.82, 2.24) is 5.32 Å². The zero-order valence-corrected chi connectivity index (χ0v) is 11.1. The number of hydrogen-bond donors (Lipinski definition) is 1. The van der Waals surface area contributed by atoms with Gasteiger partial charge in [-0.25, -0.2) is 0 Å². The standard InChI is InChI=1S/C15H23NO/c1-4-9-12(3)16-15(17)14(5-2)13-10-7-6-8-11-13/h6-8,10-12,14H,4-5,9H2,1-3H3,(H,16,17)/t12-,14+/m1/s1. The van der Waals surface area contributed by atoms with Gasteiger partial charge in [-0.05, 0) is 25.3 Å². The van der Waals surface area contributed by atoms with Crippen LogP contribution in [0.5, 0.6) is 0 Å². The van der Waals surface area contributed by atoms with Crippen LogP contribution in [0.1, 0.15) is 51.5 Å². The number of carbonyl (C=O) groups excluding carboxylic acids is 1. The molecule has 0 bridgehead atoms. The molecule has 94 valence electrons. The largest absolute Gasteiger partial charge is 0.353 e. The number of hydrogen-bond acceptors (Lipinski definition) is 1. The molecule has 2 nitrogen and oxygen atoms in total. The average molecular weight is 233 g/mol. The number of nitrogens with one attached hydrogen (secondary N) is 1. The van der Waals surface area contributed by atoms with Crippen molar-refractivity contribution in [2.45, 2.75) is 52.0 Å². The fourth-order valence-corrected chi connectivity index (χ4v) is 2.11. The second-order valence-corrected chi connectivity index (χ2v) is 4.57. The van der Waals surface area contributed by atoms with Gasteiger partial charge >= 0.3 is 0 Å². The highest BCUT2D eigenvalue weighted by molar-refractivity contribution is 5.83. The monoisotopic (exact) mass is 233 g/mol. The van der Waals surface area contributed by atoms with Gasteiger partial charge in [0.15, 0.2) is 0 Å². The molecular formula is C15H23NO. The Morgan fingerprint density at radius 1 is 1.24 bits per heavy atom. The van der Waals surface area contributed by atoms with Crippen molar-refractivity contribution in [2.75, 3.05) is 0 Å². The van der Waals surface area contributed by atoms with E-state index in [1.807, 2.05) is 30.3 Å². The Morgan fingerprint density at radius 3 is 2.41 bits per heavy atom. The third-order valence-corrected chi connectivity index (χ3v) is 3.04. The molecule has 0 fully saturated rings. The van der Waals surface area contributed by atoms with Crippen LogP contribution in [0.15, 0.2) is 30.3 Å². The molecule has 0 saturated carbocycles. The lowest BCUT2D eigenvalue weighted by molar-refractivity contribution is -0.123. The highest BCUT2D eigenvalue weighted by Crippen LogP contribution is 2.19. The van der Waals surface area contributed by atoms with E-state index in [-0.39, 0.29) is 17.9 Å². The van der Waals surface area contributed by atoms with Gasteiger partial charge in [0, 0.05) is 6.04 Å². The third-order valence-electron chi connectivity index (χ3n) is 3.04. The first kappa shape index (κ1) is 13.8. The summed E-state index contributed by atoms with van der Waals surface area (Å²) >= 11 is 0. The number of carbonyl (C=O) groups is 1. The first-order valence-electron chi connectivity index (χ1n) is 6.54. The molecule has 2 atom stereocenters. The van der Waals surface area contributed by atoms with E-state index in [9.17, 15) is 4.79 Å². The SMILES string of the molecule is CCC[C@@H](C)NC(=O)[C@@H](CC)c1ccccc1. The molecule has 1 aromatic rings. The summed E-state index contributed by atoms with van der Waals surface area (Å²) in [4.78, 5) is 12.1. The van der Waals surface area contributed by atoms with Crippen molar-refractivity contribution < 1.29 is 4.79 Å². The Morgan fingerprint density at radius 2 is 1.88 bits per heavy atom. The van der Waals surface area contributed by atoms with Crippen LogP contribution in [0, 0.1) is 0 Å². The molecule has 0 radical (unpaired) electrons. The van der Waals surface area contributed by atoms with Crippen LogP contribution in [-0.4, -0.2) is 11.9 Å². The molecule has 0 spiro atoms. The summed E-state index contributed by atoms with van der Waals surface area (Å²) in [5.41, 5.74) is 1.11. The Kier molecular flexibility index (Phi) is 5.75. The molecular weight excluding hydrogens is 210 g/mol. The van der Waals surface area contributed by atoms with Gasteiger partial charge in [-0.15, -0.1) is 0 Å². The molecule has 2 heteroatoms. The van der Waals surface area contributed by atoms with E-state index in [0.717, 1.165) is 24.8 Å². The third kappa shape index (κ3) is 4.22. The Bertz CT molecular complexity index is 334. The summed E-state index contributed by atoms with van der Waals surface area (Å²) in [5.74, 6) is 0.134. The summed E-state index contributed by atoms with van der Waals surface area (Å²) in [7, 11) is 0. The van der Waals surface area contributed by atoms with Crippen LogP contribution in [0.3, 0.4) is 0 Å². The minimum absolute atomic E-state index is 0.0180. The van der Waals surface area contributed by atoms with E-state index >= 15 is 0 Å². The second kappa shape index (κ2) is 7.10. The zero-order chi connectivity index (χ0) is 12.7. The van der Waals surface area contributed by atoms with E-state index in [1.54, 1.807) is 0 Å². The summed E-state index contributed by atoms with van der Waals surface area (Å²) < 4.78 is 0. The molecule has 1 aromatic carbocycles. The van der Waals surface area contributed by atoms with Crippen LogP contribution >= 0.6 is 0 Å². The first-order valence-corrected chi connectivity index (χ1v) is 6.54. The normalized spacial score (nSPS) is 14.1. The molecule has 0 aliphatic rings. The average Bonchev–Trinajstić information content (AvgIpc) is 2.31. The van der Waals surface area contributed by atoms with Crippen molar-refractivity contribution in [3.05, 3.63) is 35.9 Å². The second-order valence-electron chi connectivity index (χ2n) is 4.57. The maximum Gasteiger partial charge on any atom is 0.227 e. The Balaban J connectivity index is 2.65. The van der Waals surface area contributed by atoms with E-state index in [4.69, 9.17) is 0 Å². The van der Waals surface area contributed by atoms with Crippen molar-refractivity contribution >= 4 is 5.91 Å². The highest BCUT2D eigenvalue weighted by Gasteiger charge is 2.19. The van der Waals surface area contributed by atoms with Gasteiger partial charge < -0.3 is 5.32 Å². The van der Waals surface area contributed by atoms with Crippen LogP contribution in [-0.2, 0) is 4.79 Å². The van der Waals surface area contributed by atoms with Crippen molar-refractivity contribution in [2.24, 2.45) is 0 Å². The van der Waals surface area contributed by atoms with Gasteiger partial charge in [0.2, 0.25) is 5.91 Å². The lowest BCUT2D eigenvalue weighted by Gasteiger charge is -2.19. The maximum atomic E-state index is 12.1. The molecule has 1 N–H and O–H groups in total. The fraction of sp³-hybridized carbons (Fsp3) is 0.533. The molecule has 1 amide bonds. The van der Waals surface area contributed by atoms with E-state index in [2.05, 4.69) is 26.1 Å². The maximum absolute atomic E-state index is 12.1. The number of rotatable bonds is 6. The predicted molar refractivity (Wildman–Crippen MR) is 72.0 cm³/mol. The minimum Gasteiger partial charge on any atom is -0.353 e. The summed E-state index contributed by atoms with van der Waals surface area (Å²) in [6.07, 6.45) is 2.98. The van der Waals surface area contributed by atoms with Crippen molar-refractivity contribution in [1.29, 1.82) is 0 Å². The molecule has 0 unspecified atom stereocenters. The van der Waals surface area contributed by atoms with E-state index in [1.165, 1.54) is 0 Å². The van der Waals surface area contributed by atoms with Gasteiger partial charge in [0.25, 0.3) is 0 Å².